The van der Waals surface area contributed by atoms with Gasteiger partial charge in [0, 0.05) is 12.8 Å². The predicted molar refractivity (Wildman–Crippen MR) is 90.9 cm³/mol. The van der Waals surface area contributed by atoms with Crippen molar-refractivity contribution in [3.8, 4) is 0 Å². The maximum Gasteiger partial charge on any atom is 0.177 e. The van der Waals surface area contributed by atoms with Gasteiger partial charge in [0.25, 0.3) is 0 Å². The molecule has 3 rings (SSSR count). The van der Waals surface area contributed by atoms with Crippen molar-refractivity contribution in [3.63, 3.8) is 0 Å². The molecule has 5 nitrogen and oxygen atoms in total. The first-order valence-electron chi connectivity index (χ1n) is 7.46. The van der Waals surface area contributed by atoms with E-state index in [1.54, 1.807) is 41.8 Å². The first-order chi connectivity index (χ1) is 11.3. The summed E-state index contributed by atoms with van der Waals surface area (Å²) in [6.07, 6.45) is 1.17. The summed E-state index contributed by atoms with van der Waals surface area (Å²) in [6.45, 7) is 2.16. The third kappa shape index (κ3) is 3.05. The number of para-hydroxylation sites is 1. The van der Waals surface area contributed by atoms with Crippen LogP contribution in [-0.2, 0) is 16.4 Å². The number of imidazole rings is 1. The minimum atomic E-state index is -3.42. The Morgan fingerprint density at radius 3 is 2.46 bits per heavy atom. The number of hydrogen-bond acceptors (Lipinski definition) is 4. The molecule has 126 valence electrons. The number of benzene rings is 2. The molecule has 1 heterocycles. The molecule has 0 aliphatic carbocycles. The van der Waals surface area contributed by atoms with E-state index in [0.29, 0.717) is 23.4 Å². The number of hydrogen-bond donors (Lipinski definition) is 1. The molecule has 0 spiro atoms. The van der Waals surface area contributed by atoms with E-state index < -0.39 is 9.84 Å². The third-order valence-corrected chi connectivity index (χ3v) is 4.95. The largest absolute Gasteiger partial charge is 0.322 e. The molecule has 0 bridgehead atoms. The van der Waals surface area contributed by atoms with Crippen LogP contribution in [0.5, 0.6) is 0 Å². The summed E-state index contributed by atoms with van der Waals surface area (Å²) in [5, 5.41) is 0. The van der Waals surface area contributed by atoms with E-state index >= 15 is 0 Å². The lowest BCUT2D eigenvalue weighted by atomic mass is 10.2. The zero-order valence-corrected chi connectivity index (χ0v) is 14.2. The van der Waals surface area contributed by atoms with E-state index in [4.69, 9.17) is 5.73 Å². The molecule has 1 atom stereocenters. The van der Waals surface area contributed by atoms with Gasteiger partial charge in [-0.2, -0.15) is 0 Å². The highest BCUT2D eigenvalue weighted by molar-refractivity contribution is 7.91. The highest BCUT2D eigenvalue weighted by Gasteiger charge is 2.21. The van der Waals surface area contributed by atoms with Crippen LogP contribution in [0.25, 0.3) is 11.0 Å². The second kappa shape index (κ2) is 5.99. The van der Waals surface area contributed by atoms with Crippen molar-refractivity contribution in [2.75, 3.05) is 6.26 Å². The topological polar surface area (TPSA) is 78.0 Å². The standard InChI is InChI=1S/C17H18FN3O2S/c1-11(19)17-20-14-4-3-5-15(24(2,22)23)16(14)21(17)10-12-6-8-13(18)9-7-12/h3-9,11H,10,19H2,1-2H3. The number of nitrogens with zero attached hydrogens (tertiary/aromatic N) is 2. The highest BCUT2D eigenvalue weighted by atomic mass is 32.2. The Labute approximate surface area is 139 Å². The fourth-order valence-electron chi connectivity index (χ4n) is 2.75. The van der Waals surface area contributed by atoms with Crippen LogP contribution in [0.3, 0.4) is 0 Å². The van der Waals surface area contributed by atoms with Gasteiger partial charge in [-0.3, -0.25) is 0 Å². The zero-order chi connectivity index (χ0) is 17.5. The van der Waals surface area contributed by atoms with Gasteiger partial charge in [-0.1, -0.05) is 18.2 Å². The van der Waals surface area contributed by atoms with E-state index in [0.717, 1.165) is 5.56 Å². The third-order valence-electron chi connectivity index (χ3n) is 3.82. The SMILES string of the molecule is CC(N)c1nc2cccc(S(C)(=O)=O)c2n1Cc1ccc(F)cc1. The number of sulfone groups is 1. The minimum absolute atomic E-state index is 0.210. The minimum Gasteiger partial charge on any atom is -0.322 e. The molecule has 1 aromatic heterocycles. The Balaban J connectivity index is 2.27. The molecule has 0 amide bonds. The van der Waals surface area contributed by atoms with Crippen LogP contribution in [0.4, 0.5) is 4.39 Å². The second-order valence-corrected chi connectivity index (χ2v) is 7.85. The first-order valence-corrected chi connectivity index (χ1v) is 9.36. The Morgan fingerprint density at radius 1 is 1.21 bits per heavy atom. The molecule has 0 fully saturated rings. The Kier molecular flexibility index (Phi) is 4.15. The summed E-state index contributed by atoms with van der Waals surface area (Å²) in [6, 6.07) is 10.7. The molecule has 0 saturated heterocycles. The molecule has 0 radical (unpaired) electrons. The van der Waals surface area contributed by atoms with Gasteiger partial charge in [0.05, 0.1) is 22.0 Å². The summed E-state index contributed by atoms with van der Waals surface area (Å²) in [5.41, 5.74) is 7.96. The van der Waals surface area contributed by atoms with Gasteiger partial charge in [0.1, 0.15) is 11.6 Å². The normalized spacial score (nSPS) is 13.3. The van der Waals surface area contributed by atoms with Crippen molar-refractivity contribution in [1.29, 1.82) is 0 Å². The van der Waals surface area contributed by atoms with E-state index in [9.17, 15) is 12.8 Å². The van der Waals surface area contributed by atoms with Crippen LogP contribution in [0, 0.1) is 5.82 Å². The summed E-state index contributed by atoms with van der Waals surface area (Å²) in [5.74, 6) is 0.268. The first kappa shape index (κ1) is 16.6. The smallest absolute Gasteiger partial charge is 0.177 e. The Bertz CT molecular complexity index is 993. The van der Waals surface area contributed by atoms with Gasteiger partial charge in [-0.25, -0.2) is 17.8 Å². The maximum absolute atomic E-state index is 13.1. The van der Waals surface area contributed by atoms with Crippen LogP contribution in [0.15, 0.2) is 47.4 Å². The van der Waals surface area contributed by atoms with Crippen LogP contribution < -0.4 is 5.73 Å². The second-order valence-electron chi connectivity index (χ2n) is 5.87. The summed E-state index contributed by atoms with van der Waals surface area (Å²) < 4.78 is 39.2. The predicted octanol–water partition coefficient (Wildman–Crippen LogP) is 2.65. The molecule has 2 aromatic carbocycles. The fourth-order valence-corrected chi connectivity index (χ4v) is 3.64. The fraction of sp³-hybridized carbons (Fsp3) is 0.235. The summed E-state index contributed by atoms with van der Waals surface area (Å²) in [4.78, 5) is 4.71. The highest BCUT2D eigenvalue weighted by Crippen LogP contribution is 2.27. The lowest BCUT2D eigenvalue weighted by Crippen LogP contribution is -2.15. The Hall–Kier alpha value is -2.25. The van der Waals surface area contributed by atoms with Crippen molar-refractivity contribution in [2.45, 2.75) is 24.4 Å². The van der Waals surface area contributed by atoms with E-state index in [1.807, 2.05) is 0 Å². The quantitative estimate of drug-likeness (QED) is 0.787. The average molecular weight is 347 g/mol. The molecule has 0 aliphatic rings. The molecular formula is C17H18FN3O2S. The molecule has 0 aliphatic heterocycles. The van der Waals surface area contributed by atoms with Crippen LogP contribution in [0.1, 0.15) is 24.4 Å². The van der Waals surface area contributed by atoms with Gasteiger partial charge in [0.2, 0.25) is 0 Å². The van der Waals surface area contributed by atoms with Crippen LogP contribution >= 0.6 is 0 Å². The maximum atomic E-state index is 13.1. The lowest BCUT2D eigenvalue weighted by molar-refractivity contribution is 0.601. The van der Waals surface area contributed by atoms with Crippen molar-refractivity contribution in [1.82, 2.24) is 9.55 Å². The number of halogens is 1. The van der Waals surface area contributed by atoms with Gasteiger partial charge in [-0.05, 0) is 36.8 Å². The van der Waals surface area contributed by atoms with Gasteiger partial charge < -0.3 is 10.3 Å². The molecule has 24 heavy (non-hydrogen) atoms. The molecule has 0 saturated carbocycles. The van der Waals surface area contributed by atoms with Gasteiger partial charge >= 0.3 is 0 Å². The van der Waals surface area contributed by atoms with Crippen molar-refractivity contribution in [2.24, 2.45) is 5.73 Å². The number of nitrogens with two attached hydrogens (primary N) is 1. The van der Waals surface area contributed by atoms with Crippen molar-refractivity contribution in [3.05, 3.63) is 59.7 Å². The number of aromatic nitrogens is 2. The molecular weight excluding hydrogens is 329 g/mol. The average Bonchev–Trinajstić information content (AvgIpc) is 2.87. The van der Waals surface area contributed by atoms with Crippen molar-refractivity contribution >= 4 is 20.9 Å². The molecule has 3 aromatic rings. The molecule has 7 heteroatoms. The monoisotopic (exact) mass is 347 g/mol. The zero-order valence-electron chi connectivity index (χ0n) is 13.4. The van der Waals surface area contributed by atoms with Crippen LogP contribution in [-0.4, -0.2) is 24.2 Å². The van der Waals surface area contributed by atoms with Gasteiger partial charge in [-0.15, -0.1) is 0 Å². The molecule has 2 N–H and O–H groups in total. The number of fused-ring (bicyclic) bond motifs is 1. The Morgan fingerprint density at radius 2 is 1.88 bits per heavy atom. The summed E-state index contributed by atoms with van der Waals surface area (Å²) in [7, 11) is -3.42. The summed E-state index contributed by atoms with van der Waals surface area (Å²) >= 11 is 0. The van der Waals surface area contributed by atoms with E-state index in [2.05, 4.69) is 4.98 Å². The van der Waals surface area contributed by atoms with Crippen molar-refractivity contribution < 1.29 is 12.8 Å². The van der Waals surface area contributed by atoms with Crippen LogP contribution in [0.2, 0.25) is 0 Å². The van der Waals surface area contributed by atoms with E-state index in [-0.39, 0.29) is 16.8 Å². The number of rotatable bonds is 4. The molecule has 1 unspecified atom stereocenters. The lowest BCUT2D eigenvalue weighted by Gasteiger charge is -2.13. The van der Waals surface area contributed by atoms with Gasteiger partial charge in [0.15, 0.2) is 9.84 Å². The van der Waals surface area contributed by atoms with E-state index in [1.165, 1.54) is 18.4 Å².